The summed E-state index contributed by atoms with van der Waals surface area (Å²) in [6, 6.07) is 16.8. The van der Waals surface area contributed by atoms with Crippen LogP contribution in [0.2, 0.25) is 0 Å². The highest BCUT2D eigenvalue weighted by Crippen LogP contribution is 2.39. The predicted octanol–water partition coefficient (Wildman–Crippen LogP) is 4.59. The SMILES string of the molecule is COc1ccc(/C=C2\CCC[C@H]3C2=NN[C@@H]3c2ccc(OC)cc2)cc1. The number of hydrogen-bond acceptors (Lipinski definition) is 4. The summed E-state index contributed by atoms with van der Waals surface area (Å²) < 4.78 is 10.5. The molecule has 134 valence electrons. The molecule has 1 N–H and O–H groups in total. The standard InChI is InChI=1S/C22H24N2O2/c1-25-18-10-6-15(7-11-18)14-17-4-3-5-20-21(23-24-22(17)20)16-8-12-19(26-2)13-9-16/h6-14,20-21,23H,3-5H2,1-2H3/b17-14+/t20-,21-/m1/s1. The summed E-state index contributed by atoms with van der Waals surface area (Å²) in [5, 5.41) is 4.71. The molecular formula is C22H24N2O2. The zero-order valence-electron chi connectivity index (χ0n) is 15.2. The van der Waals surface area contributed by atoms with Crippen molar-refractivity contribution in [2.24, 2.45) is 11.0 Å². The van der Waals surface area contributed by atoms with Crippen molar-refractivity contribution >= 4 is 11.8 Å². The Kier molecular flexibility index (Phi) is 4.65. The fourth-order valence-electron chi connectivity index (χ4n) is 3.89. The molecule has 4 heteroatoms. The number of rotatable bonds is 4. The number of hydrogen-bond donors (Lipinski definition) is 1. The third-order valence-electron chi connectivity index (χ3n) is 5.30. The zero-order chi connectivity index (χ0) is 17.9. The summed E-state index contributed by atoms with van der Waals surface area (Å²) >= 11 is 0. The Morgan fingerprint density at radius 1 is 0.962 bits per heavy atom. The van der Waals surface area contributed by atoms with Crippen LogP contribution in [0.3, 0.4) is 0 Å². The summed E-state index contributed by atoms with van der Waals surface area (Å²) in [5.41, 5.74) is 8.39. The first-order valence-corrected chi connectivity index (χ1v) is 9.10. The number of fused-ring (bicyclic) bond motifs is 1. The van der Waals surface area contributed by atoms with Gasteiger partial charge in [0.05, 0.1) is 26.0 Å². The van der Waals surface area contributed by atoms with Crippen LogP contribution in [0.4, 0.5) is 0 Å². The molecule has 4 rings (SSSR count). The van der Waals surface area contributed by atoms with Gasteiger partial charge in [-0.3, -0.25) is 0 Å². The van der Waals surface area contributed by atoms with Crippen LogP contribution >= 0.6 is 0 Å². The second-order valence-electron chi connectivity index (χ2n) is 6.82. The first-order valence-electron chi connectivity index (χ1n) is 9.10. The van der Waals surface area contributed by atoms with E-state index < -0.39 is 0 Å². The minimum absolute atomic E-state index is 0.246. The maximum Gasteiger partial charge on any atom is 0.118 e. The summed E-state index contributed by atoms with van der Waals surface area (Å²) in [4.78, 5) is 0. The monoisotopic (exact) mass is 348 g/mol. The number of nitrogens with zero attached hydrogens (tertiary/aromatic N) is 1. The number of allylic oxidation sites excluding steroid dienone is 1. The van der Waals surface area contributed by atoms with Gasteiger partial charge in [-0.1, -0.05) is 24.3 Å². The molecule has 0 aromatic heterocycles. The summed E-state index contributed by atoms with van der Waals surface area (Å²) in [6.07, 6.45) is 5.71. The van der Waals surface area contributed by atoms with E-state index in [1.807, 2.05) is 24.3 Å². The van der Waals surface area contributed by atoms with E-state index in [2.05, 4.69) is 35.8 Å². The van der Waals surface area contributed by atoms with Crippen LogP contribution in [0.25, 0.3) is 6.08 Å². The first-order chi connectivity index (χ1) is 12.8. The van der Waals surface area contributed by atoms with Crippen LogP contribution < -0.4 is 14.9 Å². The molecule has 1 fully saturated rings. The summed E-state index contributed by atoms with van der Waals surface area (Å²) in [7, 11) is 3.39. The highest BCUT2D eigenvalue weighted by Gasteiger charge is 2.36. The average Bonchev–Trinajstić information content (AvgIpc) is 3.14. The Morgan fingerprint density at radius 3 is 2.27 bits per heavy atom. The van der Waals surface area contributed by atoms with Gasteiger partial charge in [0.25, 0.3) is 0 Å². The fourth-order valence-corrected chi connectivity index (χ4v) is 3.89. The van der Waals surface area contributed by atoms with Gasteiger partial charge in [-0.2, -0.15) is 5.10 Å². The van der Waals surface area contributed by atoms with Crippen molar-refractivity contribution in [3.8, 4) is 11.5 Å². The van der Waals surface area contributed by atoms with Crippen LogP contribution in [0.1, 0.15) is 36.4 Å². The third-order valence-corrected chi connectivity index (χ3v) is 5.30. The molecule has 2 aromatic carbocycles. The maximum absolute atomic E-state index is 5.27. The van der Waals surface area contributed by atoms with E-state index in [9.17, 15) is 0 Å². The highest BCUT2D eigenvalue weighted by atomic mass is 16.5. The smallest absolute Gasteiger partial charge is 0.118 e. The Labute approximate surface area is 154 Å². The van der Waals surface area contributed by atoms with Crippen LogP contribution in [0, 0.1) is 5.92 Å². The van der Waals surface area contributed by atoms with Crippen molar-refractivity contribution in [3.05, 3.63) is 65.2 Å². The van der Waals surface area contributed by atoms with Gasteiger partial charge in [0.15, 0.2) is 0 Å². The van der Waals surface area contributed by atoms with E-state index >= 15 is 0 Å². The molecule has 1 aliphatic carbocycles. The molecule has 26 heavy (non-hydrogen) atoms. The Bertz CT molecular complexity index is 822. The second-order valence-corrected chi connectivity index (χ2v) is 6.82. The Hall–Kier alpha value is -2.75. The number of methoxy groups -OCH3 is 2. The Morgan fingerprint density at radius 2 is 1.62 bits per heavy atom. The molecule has 2 aromatic rings. The molecule has 1 saturated carbocycles. The number of ether oxygens (including phenoxy) is 2. The normalized spacial score (nSPS) is 23.2. The lowest BCUT2D eigenvalue weighted by molar-refractivity contribution is 0.413. The van der Waals surface area contributed by atoms with Gasteiger partial charge in [0, 0.05) is 5.92 Å². The molecule has 2 atom stereocenters. The van der Waals surface area contributed by atoms with Crippen LogP contribution in [-0.2, 0) is 0 Å². The topological polar surface area (TPSA) is 42.8 Å². The van der Waals surface area contributed by atoms with Crippen molar-refractivity contribution in [3.63, 3.8) is 0 Å². The summed E-state index contributed by atoms with van der Waals surface area (Å²) in [6.45, 7) is 0. The van der Waals surface area contributed by atoms with E-state index in [1.54, 1.807) is 14.2 Å². The highest BCUT2D eigenvalue weighted by molar-refractivity contribution is 6.07. The largest absolute Gasteiger partial charge is 0.497 e. The van der Waals surface area contributed by atoms with Gasteiger partial charge in [0.2, 0.25) is 0 Å². The van der Waals surface area contributed by atoms with Gasteiger partial charge in [-0.25, -0.2) is 0 Å². The zero-order valence-corrected chi connectivity index (χ0v) is 15.2. The second kappa shape index (κ2) is 7.24. The fraction of sp³-hybridized carbons (Fsp3) is 0.318. The molecule has 0 bridgehead atoms. The minimum atomic E-state index is 0.246. The molecule has 0 amide bonds. The molecule has 1 heterocycles. The predicted molar refractivity (Wildman–Crippen MR) is 105 cm³/mol. The molecule has 0 radical (unpaired) electrons. The van der Waals surface area contributed by atoms with Crippen LogP contribution in [-0.4, -0.2) is 19.9 Å². The number of hydrazone groups is 1. The van der Waals surface area contributed by atoms with E-state index in [0.29, 0.717) is 5.92 Å². The lowest BCUT2D eigenvalue weighted by Gasteiger charge is -2.26. The van der Waals surface area contributed by atoms with E-state index in [0.717, 1.165) is 17.9 Å². The quantitative estimate of drug-likeness (QED) is 0.879. The van der Waals surface area contributed by atoms with Gasteiger partial charge in [-0.05, 0) is 66.3 Å². The van der Waals surface area contributed by atoms with Gasteiger partial charge < -0.3 is 14.9 Å². The average molecular weight is 348 g/mol. The lowest BCUT2D eigenvalue weighted by Crippen LogP contribution is -2.25. The van der Waals surface area contributed by atoms with E-state index in [4.69, 9.17) is 14.6 Å². The van der Waals surface area contributed by atoms with E-state index in [1.165, 1.54) is 35.3 Å². The van der Waals surface area contributed by atoms with Crippen LogP contribution in [0.15, 0.2) is 59.2 Å². The molecule has 0 unspecified atom stereocenters. The van der Waals surface area contributed by atoms with Crippen molar-refractivity contribution < 1.29 is 9.47 Å². The molecule has 1 aliphatic heterocycles. The molecule has 0 spiro atoms. The van der Waals surface area contributed by atoms with Crippen LogP contribution in [0.5, 0.6) is 11.5 Å². The molecule has 4 nitrogen and oxygen atoms in total. The first kappa shape index (κ1) is 16.7. The molecule has 0 saturated heterocycles. The van der Waals surface area contributed by atoms with Gasteiger partial charge in [-0.15, -0.1) is 0 Å². The van der Waals surface area contributed by atoms with E-state index in [-0.39, 0.29) is 6.04 Å². The minimum Gasteiger partial charge on any atom is -0.497 e. The third kappa shape index (κ3) is 3.19. The van der Waals surface area contributed by atoms with Crippen molar-refractivity contribution in [1.29, 1.82) is 0 Å². The van der Waals surface area contributed by atoms with Gasteiger partial charge in [0.1, 0.15) is 11.5 Å². The Balaban J connectivity index is 1.56. The molecule has 2 aliphatic rings. The lowest BCUT2D eigenvalue weighted by atomic mass is 9.78. The van der Waals surface area contributed by atoms with Crippen molar-refractivity contribution in [2.45, 2.75) is 25.3 Å². The van der Waals surface area contributed by atoms with Gasteiger partial charge >= 0.3 is 0 Å². The molecular weight excluding hydrogens is 324 g/mol. The number of benzene rings is 2. The van der Waals surface area contributed by atoms with Crippen molar-refractivity contribution in [2.75, 3.05) is 14.2 Å². The summed E-state index contributed by atoms with van der Waals surface area (Å²) in [5.74, 6) is 2.20. The number of nitrogens with one attached hydrogen (secondary N) is 1. The maximum atomic E-state index is 5.27. The van der Waals surface area contributed by atoms with Crippen molar-refractivity contribution in [1.82, 2.24) is 5.43 Å².